The molecule has 1 amide bonds. The Kier molecular flexibility index (Phi) is 5.65. The molecule has 0 saturated heterocycles. The molecular weight excluding hydrogens is 304 g/mol. The molecular formula is C14H18N4O3S. The summed E-state index contributed by atoms with van der Waals surface area (Å²) in [6, 6.07) is 4.52. The van der Waals surface area contributed by atoms with Crippen LogP contribution in [0.3, 0.4) is 0 Å². The Balaban J connectivity index is 1.89. The lowest BCUT2D eigenvalue weighted by Crippen LogP contribution is -2.30. The van der Waals surface area contributed by atoms with Crippen LogP contribution in [0, 0.1) is 10.1 Å². The van der Waals surface area contributed by atoms with Gasteiger partial charge < -0.3 is 10.6 Å². The number of hydrogen-bond donors (Lipinski definition) is 2. The van der Waals surface area contributed by atoms with Crippen LogP contribution in [0.5, 0.6) is 0 Å². The fourth-order valence-electron chi connectivity index (χ4n) is 1.92. The summed E-state index contributed by atoms with van der Waals surface area (Å²) < 4.78 is 0.722. The fraction of sp³-hybridized carbons (Fsp3) is 0.429. The van der Waals surface area contributed by atoms with E-state index >= 15 is 0 Å². The van der Waals surface area contributed by atoms with Crippen molar-refractivity contribution in [3.05, 3.63) is 28.3 Å². The first-order valence-corrected chi connectivity index (χ1v) is 7.97. The van der Waals surface area contributed by atoms with E-state index in [4.69, 9.17) is 0 Å². The summed E-state index contributed by atoms with van der Waals surface area (Å²) in [5.74, 6) is -0.0821. The molecule has 22 heavy (non-hydrogen) atoms. The number of benzene rings is 1. The number of carbonyl (C=O) groups excluding carboxylic acids is 1. The van der Waals surface area contributed by atoms with Crippen LogP contribution in [0.25, 0.3) is 10.2 Å². The minimum atomic E-state index is -0.435. The molecule has 0 aliphatic carbocycles. The van der Waals surface area contributed by atoms with Crippen LogP contribution < -0.4 is 10.6 Å². The zero-order valence-electron chi connectivity index (χ0n) is 12.3. The van der Waals surface area contributed by atoms with Crippen molar-refractivity contribution in [2.45, 2.75) is 26.2 Å². The minimum absolute atomic E-state index is 0.0383. The number of unbranched alkanes of at least 4 members (excludes halogenated alkanes) is 2. The van der Waals surface area contributed by atoms with E-state index in [0.29, 0.717) is 17.2 Å². The quantitative estimate of drug-likeness (QED) is 0.442. The van der Waals surface area contributed by atoms with Crippen molar-refractivity contribution in [3.8, 4) is 0 Å². The third-order valence-corrected chi connectivity index (χ3v) is 4.06. The Hall–Kier alpha value is -2.22. The number of hydrogen-bond acceptors (Lipinski definition) is 6. The highest BCUT2D eigenvalue weighted by Gasteiger charge is 2.10. The molecule has 7 nitrogen and oxygen atoms in total. The number of fused-ring (bicyclic) bond motifs is 1. The van der Waals surface area contributed by atoms with Gasteiger partial charge in [-0.3, -0.25) is 14.9 Å². The van der Waals surface area contributed by atoms with Gasteiger partial charge >= 0.3 is 0 Å². The van der Waals surface area contributed by atoms with Gasteiger partial charge in [-0.2, -0.15) is 0 Å². The van der Waals surface area contributed by atoms with Gasteiger partial charge in [0, 0.05) is 18.7 Å². The smallest absolute Gasteiger partial charge is 0.270 e. The highest BCUT2D eigenvalue weighted by Crippen LogP contribution is 2.28. The Morgan fingerprint density at radius 1 is 1.41 bits per heavy atom. The predicted octanol–water partition coefficient (Wildman–Crippen LogP) is 2.92. The molecule has 0 aliphatic rings. The van der Waals surface area contributed by atoms with Crippen molar-refractivity contribution in [1.82, 2.24) is 10.3 Å². The van der Waals surface area contributed by atoms with Crippen molar-refractivity contribution < 1.29 is 9.72 Å². The number of nitrogens with zero attached hydrogens (tertiary/aromatic N) is 2. The molecule has 1 heterocycles. The standard InChI is InChI=1S/C14H18N4O3S/c1-2-3-4-7-15-13(19)9-16-14-17-11-6-5-10(18(20)21)8-12(11)22-14/h5-6,8H,2-4,7,9H2,1H3,(H,15,19)(H,16,17). The highest BCUT2D eigenvalue weighted by atomic mass is 32.1. The molecule has 0 saturated carbocycles. The molecule has 1 aromatic carbocycles. The first-order chi connectivity index (χ1) is 10.6. The van der Waals surface area contributed by atoms with Crippen molar-refractivity contribution >= 4 is 38.3 Å². The molecule has 0 fully saturated rings. The predicted molar refractivity (Wildman–Crippen MR) is 87.3 cm³/mol. The van der Waals surface area contributed by atoms with Crippen molar-refractivity contribution in [3.63, 3.8) is 0 Å². The van der Waals surface area contributed by atoms with E-state index in [0.717, 1.165) is 24.0 Å². The molecule has 1 aromatic heterocycles. The largest absolute Gasteiger partial charge is 0.355 e. The van der Waals surface area contributed by atoms with Gasteiger partial charge in [-0.15, -0.1) is 0 Å². The average molecular weight is 322 g/mol. The van der Waals surface area contributed by atoms with Gasteiger partial charge in [0.2, 0.25) is 5.91 Å². The maximum atomic E-state index is 11.7. The van der Waals surface area contributed by atoms with Crippen LogP contribution in [-0.2, 0) is 4.79 Å². The topological polar surface area (TPSA) is 97.2 Å². The van der Waals surface area contributed by atoms with E-state index < -0.39 is 4.92 Å². The fourth-order valence-corrected chi connectivity index (χ4v) is 2.82. The molecule has 2 aromatic rings. The number of rotatable bonds is 8. The number of anilines is 1. The zero-order chi connectivity index (χ0) is 15.9. The van der Waals surface area contributed by atoms with E-state index in [1.807, 2.05) is 0 Å². The van der Waals surface area contributed by atoms with Gasteiger partial charge in [-0.25, -0.2) is 4.98 Å². The van der Waals surface area contributed by atoms with E-state index in [9.17, 15) is 14.9 Å². The molecule has 0 bridgehead atoms. The molecule has 0 unspecified atom stereocenters. The molecule has 2 rings (SSSR count). The number of non-ortho nitro benzene ring substituents is 1. The zero-order valence-corrected chi connectivity index (χ0v) is 13.1. The third kappa shape index (κ3) is 4.39. The summed E-state index contributed by atoms with van der Waals surface area (Å²) in [6.45, 7) is 2.94. The number of nitro benzene ring substituents is 1. The second kappa shape index (κ2) is 7.69. The summed E-state index contributed by atoms with van der Waals surface area (Å²) in [6.07, 6.45) is 3.20. The Morgan fingerprint density at radius 2 is 2.23 bits per heavy atom. The van der Waals surface area contributed by atoms with Gasteiger partial charge in [-0.05, 0) is 12.5 Å². The number of nitro groups is 1. The van der Waals surface area contributed by atoms with E-state index in [1.165, 1.54) is 23.5 Å². The van der Waals surface area contributed by atoms with Crippen molar-refractivity contribution in [1.29, 1.82) is 0 Å². The molecule has 0 radical (unpaired) electrons. The number of amides is 1. The van der Waals surface area contributed by atoms with Crippen LogP contribution in [0.2, 0.25) is 0 Å². The molecule has 8 heteroatoms. The summed E-state index contributed by atoms with van der Waals surface area (Å²) >= 11 is 1.30. The monoisotopic (exact) mass is 322 g/mol. The SMILES string of the molecule is CCCCCNC(=O)CNc1nc2ccc([N+](=O)[O-])cc2s1. The molecule has 0 spiro atoms. The summed E-state index contributed by atoms with van der Waals surface area (Å²) in [5.41, 5.74) is 0.720. The number of nitrogens with one attached hydrogen (secondary N) is 2. The Morgan fingerprint density at radius 3 is 2.95 bits per heavy atom. The second-order valence-electron chi connectivity index (χ2n) is 4.84. The lowest BCUT2D eigenvalue weighted by molar-refractivity contribution is -0.384. The third-order valence-electron chi connectivity index (χ3n) is 3.09. The lowest BCUT2D eigenvalue weighted by Gasteiger charge is -2.04. The molecule has 2 N–H and O–H groups in total. The van der Waals surface area contributed by atoms with Crippen LogP contribution in [0.15, 0.2) is 18.2 Å². The maximum Gasteiger partial charge on any atom is 0.270 e. The van der Waals surface area contributed by atoms with Crippen LogP contribution >= 0.6 is 11.3 Å². The average Bonchev–Trinajstić information content (AvgIpc) is 2.91. The first-order valence-electron chi connectivity index (χ1n) is 7.15. The first kappa shape index (κ1) is 16.2. The number of aromatic nitrogens is 1. The summed E-state index contributed by atoms with van der Waals surface area (Å²) in [5, 5.41) is 17.1. The minimum Gasteiger partial charge on any atom is -0.355 e. The van der Waals surface area contributed by atoms with Gasteiger partial charge in [0.05, 0.1) is 21.7 Å². The van der Waals surface area contributed by atoms with Crippen LogP contribution in [0.1, 0.15) is 26.2 Å². The Bertz CT molecular complexity index is 671. The van der Waals surface area contributed by atoms with Crippen molar-refractivity contribution in [2.24, 2.45) is 0 Å². The number of carbonyl (C=O) groups is 1. The normalized spacial score (nSPS) is 10.6. The summed E-state index contributed by atoms with van der Waals surface area (Å²) in [4.78, 5) is 26.3. The van der Waals surface area contributed by atoms with E-state index in [2.05, 4.69) is 22.5 Å². The highest BCUT2D eigenvalue weighted by molar-refractivity contribution is 7.22. The molecule has 0 atom stereocenters. The maximum absolute atomic E-state index is 11.7. The van der Waals surface area contributed by atoms with Gasteiger partial charge in [0.1, 0.15) is 0 Å². The van der Waals surface area contributed by atoms with Gasteiger partial charge in [0.15, 0.2) is 5.13 Å². The lowest BCUT2D eigenvalue weighted by atomic mass is 10.2. The Labute approximate surface area is 131 Å². The van der Waals surface area contributed by atoms with Gasteiger partial charge in [-0.1, -0.05) is 31.1 Å². The number of thiazole rings is 1. The summed E-state index contributed by atoms with van der Waals surface area (Å²) in [7, 11) is 0. The second-order valence-corrected chi connectivity index (χ2v) is 5.87. The van der Waals surface area contributed by atoms with E-state index in [1.54, 1.807) is 6.07 Å². The van der Waals surface area contributed by atoms with E-state index in [-0.39, 0.29) is 18.1 Å². The molecule has 118 valence electrons. The van der Waals surface area contributed by atoms with Crippen LogP contribution in [-0.4, -0.2) is 28.9 Å². The van der Waals surface area contributed by atoms with Crippen LogP contribution in [0.4, 0.5) is 10.8 Å². The van der Waals surface area contributed by atoms with Crippen molar-refractivity contribution in [2.75, 3.05) is 18.4 Å². The van der Waals surface area contributed by atoms with Gasteiger partial charge in [0.25, 0.3) is 5.69 Å². The molecule has 0 aliphatic heterocycles.